The molecular weight excluding hydrogens is 288 g/mol. The maximum atomic E-state index is 12.6. The van der Waals surface area contributed by atoms with Crippen LogP contribution in [-0.2, 0) is 22.9 Å². The van der Waals surface area contributed by atoms with Crippen molar-refractivity contribution in [2.75, 3.05) is 4.83 Å². The first-order chi connectivity index (χ1) is 10.1. The second-order valence-electron chi connectivity index (χ2n) is 5.03. The molecule has 1 aliphatic carbocycles. The van der Waals surface area contributed by atoms with E-state index in [0.717, 1.165) is 23.6 Å². The number of benzene rings is 2. The quantitative estimate of drug-likeness (QED) is 0.794. The average molecular weight is 300 g/mol. The molecule has 106 valence electrons. The second-order valence-corrected chi connectivity index (χ2v) is 6.66. The highest BCUT2D eigenvalue weighted by molar-refractivity contribution is 7.92. The Kier molecular flexibility index (Phi) is 2.52. The Morgan fingerprint density at radius 2 is 1.71 bits per heavy atom. The van der Waals surface area contributed by atoms with Gasteiger partial charge in [0.05, 0.1) is 4.90 Å². The zero-order valence-electron chi connectivity index (χ0n) is 11.0. The van der Waals surface area contributed by atoms with Gasteiger partial charge in [-0.25, -0.2) is 9.51 Å². The van der Waals surface area contributed by atoms with Gasteiger partial charge < -0.3 is 0 Å². The van der Waals surface area contributed by atoms with Gasteiger partial charge in [0.2, 0.25) is 0 Å². The predicted molar refractivity (Wildman–Crippen MR) is 77.9 cm³/mol. The normalized spacial score (nSPS) is 13.7. The minimum atomic E-state index is -3.68. The molecule has 0 aliphatic heterocycles. The van der Waals surface area contributed by atoms with Gasteiger partial charge in [0, 0.05) is 5.39 Å². The van der Waals surface area contributed by atoms with Gasteiger partial charge in [-0.3, -0.25) is 0 Å². The van der Waals surface area contributed by atoms with Gasteiger partial charge in [-0.05, 0) is 35.4 Å². The van der Waals surface area contributed by atoms with Crippen LogP contribution in [0.1, 0.15) is 11.1 Å². The maximum Gasteiger partial charge on any atom is 0.276 e. The van der Waals surface area contributed by atoms with Crippen LogP contribution in [0.3, 0.4) is 0 Å². The van der Waals surface area contributed by atoms with E-state index in [4.69, 9.17) is 0 Å². The molecular formula is C14H12N4O2S. The van der Waals surface area contributed by atoms with E-state index in [-0.39, 0.29) is 4.90 Å². The molecule has 0 unspecified atom stereocenters. The van der Waals surface area contributed by atoms with Gasteiger partial charge in [-0.2, -0.15) is 8.42 Å². The summed E-state index contributed by atoms with van der Waals surface area (Å²) in [6, 6.07) is 9.39. The smallest absolute Gasteiger partial charge is 0.221 e. The summed E-state index contributed by atoms with van der Waals surface area (Å²) in [6.07, 6.45) is 4.54. The number of aromatic nitrogens is 3. The molecule has 1 N–H and O–H groups in total. The number of nitrogens with zero attached hydrogens (tertiary/aromatic N) is 3. The summed E-state index contributed by atoms with van der Waals surface area (Å²) in [5.41, 5.74) is 2.42. The highest BCUT2D eigenvalue weighted by Gasteiger charge is 2.22. The summed E-state index contributed by atoms with van der Waals surface area (Å²) >= 11 is 0. The fourth-order valence-electron chi connectivity index (χ4n) is 2.89. The third-order valence-corrected chi connectivity index (χ3v) is 5.16. The van der Waals surface area contributed by atoms with Gasteiger partial charge >= 0.3 is 0 Å². The van der Waals surface area contributed by atoms with Crippen molar-refractivity contribution in [3.05, 3.63) is 54.1 Å². The highest BCUT2D eigenvalue weighted by atomic mass is 32.2. The van der Waals surface area contributed by atoms with Crippen molar-refractivity contribution in [1.82, 2.24) is 14.9 Å². The van der Waals surface area contributed by atoms with Crippen LogP contribution in [0.15, 0.2) is 47.9 Å². The fraction of sp³-hybridized carbons (Fsp3) is 0.143. The van der Waals surface area contributed by atoms with Crippen LogP contribution in [0.4, 0.5) is 0 Å². The first-order valence-electron chi connectivity index (χ1n) is 6.56. The van der Waals surface area contributed by atoms with Crippen molar-refractivity contribution in [2.24, 2.45) is 0 Å². The van der Waals surface area contributed by atoms with Gasteiger partial charge in [0.15, 0.2) is 0 Å². The van der Waals surface area contributed by atoms with E-state index in [1.54, 1.807) is 6.07 Å². The van der Waals surface area contributed by atoms with Crippen molar-refractivity contribution in [2.45, 2.75) is 17.7 Å². The largest absolute Gasteiger partial charge is 0.276 e. The molecule has 21 heavy (non-hydrogen) atoms. The van der Waals surface area contributed by atoms with Crippen molar-refractivity contribution in [3.63, 3.8) is 0 Å². The van der Waals surface area contributed by atoms with E-state index >= 15 is 0 Å². The predicted octanol–water partition coefficient (Wildman–Crippen LogP) is 1.46. The number of hydrogen-bond donors (Lipinski definition) is 1. The summed E-state index contributed by atoms with van der Waals surface area (Å²) in [5, 5.41) is 9.01. The molecule has 0 radical (unpaired) electrons. The second kappa shape index (κ2) is 4.29. The molecule has 0 saturated carbocycles. The highest BCUT2D eigenvalue weighted by Crippen LogP contribution is 2.34. The van der Waals surface area contributed by atoms with Crippen molar-refractivity contribution in [3.8, 4) is 0 Å². The Hall–Kier alpha value is -2.41. The van der Waals surface area contributed by atoms with E-state index < -0.39 is 10.0 Å². The Balaban J connectivity index is 1.92. The molecule has 6 nitrogen and oxygen atoms in total. The summed E-state index contributed by atoms with van der Waals surface area (Å²) in [6.45, 7) is 0. The lowest BCUT2D eigenvalue weighted by atomic mass is 10.1. The standard InChI is InChI=1S/C14H12N4O2S/c19-21(20,17-18-8-15-16-9-18)13-7-6-11-5-4-10-2-1-3-12(13)14(10)11/h1-3,6-9,17H,4-5H2. The summed E-state index contributed by atoms with van der Waals surface area (Å²) in [5.74, 6) is 0. The van der Waals surface area contributed by atoms with Crippen LogP contribution in [-0.4, -0.2) is 23.3 Å². The molecule has 2 aromatic carbocycles. The monoisotopic (exact) mass is 300 g/mol. The minimum Gasteiger partial charge on any atom is -0.221 e. The van der Waals surface area contributed by atoms with Gasteiger partial charge in [0.1, 0.15) is 12.7 Å². The van der Waals surface area contributed by atoms with Crippen LogP contribution in [0.25, 0.3) is 10.8 Å². The van der Waals surface area contributed by atoms with Crippen molar-refractivity contribution >= 4 is 20.8 Å². The Labute approximate surface area is 121 Å². The molecule has 0 spiro atoms. The Morgan fingerprint density at radius 3 is 2.48 bits per heavy atom. The summed E-state index contributed by atoms with van der Waals surface area (Å²) < 4.78 is 26.4. The lowest BCUT2D eigenvalue weighted by Crippen LogP contribution is -2.22. The molecule has 7 heteroatoms. The number of nitrogens with one attached hydrogen (secondary N) is 1. The Morgan fingerprint density at radius 1 is 1.00 bits per heavy atom. The number of sulfonamides is 1. The average Bonchev–Trinajstić information content (AvgIpc) is 3.10. The molecule has 1 aromatic heterocycles. The molecule has 0 saturated heterocycles. The molecule has 1 aliphatic rings. The van der Waals surface area contributed by atoms with Crippen LogP contribution >= 0.6 is 0 Å². The zero-order valence-corrected chi connectivity index (χ0v) is 11.8. The maximum absolute atomic E-state index is 12.6. The van der Waals surface area contributed by atoms with Crippen molar-refractivity contribution in [1.29, 1.82) is 0 Å². The van der Waals surface area contributed by atoms with Crippen molar-refractivity contribution < 1.29 is 8.42 Å². The van der Waals surface area contributed by atoms with Gasteiger partial charge in [0.25, 0.3) is 10.0 Å². The molecule has 0 bridgehead atoms. The number of aryl methyl sites for hydroxylation is 2. The molecule has 0 amide bonds. The van der Waals surface area contributed by atoms with E-state index in [9.17, 15) is 8.42 Å². The molecule has 0 fully saturated rings. The van der Waals surface area contributed by atoms with E-state index in [0.29, 0.717) is 0 Å². The first-order valence-corrected chi connectivity index (χ1v) is 8.04. The summed E-state index contributed by atoms with van der Waals surface area (Å²) in [4.78, 5) is 2.71. The topological polar surface area (TPSA) is 76.9 Å². The first kappa shape index (κ1) is 12.3. The molecule has 1 heterocycles. The van der Waals surface area contributed by atoms with E-state index in [2.05, 4.69) is 21.1 Å². The lowest BCUT2D eigenvalue weighted by molar-refractivity contribution is 0.596. The number of hydrogen-bond acceptors (Lipinski definition) is 4. The SMILES string of the molecule is O=S(=O)(Nn1cnnc1)c1ccc2c3c(cccc13)CC2. The van der Waals surface area contributed by atoms with Gasteiger partial charge in [-0.15, -0.1) is 10.2 Å². The minimum absolute atomic E-state index is 0.277. The lowest BCUT2D eigenvalue weighted by Gasteiger charge is -2.11. The van der Waals surface area contributed by atoms with Crippen LogP contribution in [0.2, 0.25) is 0 Å². The van der Waals surface area contributed by atoms with Gasteiger partial charge in [-0.1, -0.05) is 24.3 Å². The van der Waals surface area contributed by atoms with Crippen LogP contribution in [0.5, 0.6) is 0 Å². The van der Waals surface area contributed by atoms with Crippen LogP contribution in [0, 0.1) is 0 Å². The van der Waals surface area contributed by atoms with E-state index in [1.165, 1.54) is 28.5 Å². The third-order valence-electron chi connectivity index (χ3n) is 3.77. The van der Waals surface area contributed by atoms with E-state index in [1.807, 2.05) is 18.2 Å². The Bertz CT molecular complexity index is 923. The zero-order chi connectivity index (χ0) is 14.4. The molecule has 3 aromatic rings. The summed E-state index contributed by atoms with van der Waals surface area (Å²) in [7, 11) is -3.68. The molecule has 4 rings (SSSR count). The van der Waals surface area contributed by atoms with Crippen LogP contribution < -0.4 is 4.83 Å². The number of rotatable bonds is 3. The fourth-order valence-corrected chi connectivity index (χ4v) is 4.07. The molecule has 0 atom stereocenters. The third kappa shape index (κ3) is 1.89.